The molecule has 0 aromatic rings. The van der Waals surface area contributed by atoms with Gasteiger partial charge in [-0.05, 0) is 51.5 Å². The van der Waals surface area contributed by atoms with Gasteiger partial charge in [-0.1, -0.05) is 46.5 Å². The number of hydrogen-bond donors (Lipinski definition) is 1. The normalized spacial score (nSPS) is 20.7. The minimum Gasteiger partial charge on any atom is -0.311 e. The third-order valence-electron chi connectivity index (χ3n) is 5.18. The second kappa shape index (κ2) is 8.53. The molecule has 0 aromatic carbocycles. The molecule has 1 saturated carbocycles. The lowest BCUT2D eigenvalue weighted by molar-refractivity contribution is 0.0893. The Kier molecular flexibility index (Phi) is 7.70. The molecule has 0 saturated heterocycles. The van der Waals surface area contributed by atoms with E-state index >= 15 is 0 Å². The lowest BCUT2D eigenvalue weighted by Gasteiger charge is -2.43. The summed E-state index contributed by atoms with van der Waals surface area (Å²) in [5.74, 6) is 0.821. The van der Waals surface area contributed by atoms with Crippen LogP contribution in [0.5, 0.6) is 0 Å². The fourth-order valence-electron chi connectivity index (χ4n) is 3.49. The van der Waals surface area contributed by atoms with Crippen molar-refractivity contribution in [3.63, 3.8) is 0 Å². The molecule has 2 heteroatoms. The molecule has 0 aliphatic heterocycles. The Morgan fingerprint density at radius 2 is 1.71 bits per heavy atom. The van der Waals surface area contributed by atoms with Gasteiger partial charge in [-0.15, -0.1) is 0 Å². The molecule has 0 heterocycles. The zero-order valence-corrected chi connectivity index (χ0v) is 15.6. The zero-order chi connectivity index (χ0) is 15.9. The summed E-state index contributed by atoms with van der Waals surface area (Å²) < 4.78 is 0. The van der Waals surface area contributed by atoms with Crippen LogP contribution in [0, 0.1) is 11.3 Å². The van der Waals surface area contributed by atoms with Crippen molar-refractivity contribution in [3.8, 4) is 0 Å². The molecule has 1 fully saturated rings. The number of rotatable bonds is 8. The van der Waals surface area contributed by atoms with Gasteiger partial charge in [0.05, 0.1) is 0 Å². The fraction of sp³-hybridized carbons (Fsp3) is 1.00. The third-order valence-corrected chi connectivity index (χ3v) is 5.18. The van der Waals surface area contributed by atoms with Crippen molar-refractivity contribution in [1.29, 1.82) is 0 Å². The van der Waals surface area contributed by atoms with Crippen LogP contribution in [0.15, 0.2) is 0 Å². The maximum absolute atomic E-state index is 3.80. The highest BCUT2D eigenvalue weighted by atomic mass is 15.1. The molecule has 1 aliphatic rings. The first-order valence-electron chi connectivity index (χ1n) is 9.27. The van der Waals surface area contributed by atoms with E-state index in [4.69, 9.17) is 0 Å². The van der Waals surface area contributed by atoms with Crippen molar-refractivity contribution >= 4 is 0 Å². The molecule has 0 amide bonds. The molecule has 1 aliphatic carbocycles. The Morgan fingerprint density at radius 1 is 1.10 bits per heavy atom. The highest BCUT2D eigenvalue weighted by molar-refractivity contribution is 4.90. The van der Waals surface area contributed by atoms with Crippen molar-refractivity contribution in [2.75, 3.05) is 26.2 Å². The van der Waals surface area contributed by atoms with Crippen LogP contribution in [0.2, 0.25) is 0 Å². The third kappa shape index (κ3) is 7.15. The molecule has 0 spiro atoms. The van der Waals surface area contributed by atoms with Crippen LogP contribution in [-0.2, 0) is 0 Å². The smallest absolute Gasteiger partial charge is 0.00967 e. The van der Waals surface area contributed by atoms with Gasteiger partial charge in [0, 0.05) is 25.2 Å². The number of nitrogens with zero attached hydrogens (tertiary/aromatic N) is 1. The standard InChI is InChI=1S/C19H40N2/c1-7-17(3)14-21(8-2)16-19(12-10-9-11-13-19)15-20-18(4,5)6/h17,20H,7-16H2,1-6H3. The molecule has 0 radical (unpaired) electrons. The molecule has 21 heavy (non-hydrogen) atoms. The summed E-state index contributed by atoms with van der Waals surface area (Å²) in [7, 11) is 0. The Labute approximate surface area is 134 Å². The minimum atomic E-state index is 0.234. The van der Waals surface area contributed by atoms with E-state index in [1.165, 1.54) is 64.7 Å². The molecule has 0 bridgehead atoms. The van der Waals surface area contributed by atoms with Gasteiger partial charge < -0.3 is 10.2 Å². The van der Waals surface area contributed by atoms with E-state index in [0.717, 1.165) is 5.92 Å². The Morgan fingerprint density at radius 3 is 2.19 bits per heavy atom. The second-order valence-electron chi connectivity index (χ2n) is 8.51. The largest absolute Gasteiger partial charge is 0.311 e. The van der Waals surface area contributed by atoms with Crippen molar-refractivity contribution in [3.05, 3.63) is 0 Å². The molecule has 1 N–H and O–H groups in total. The van der Waals surface area contributed by atoms with E-state index < -0.39 is 0 Å². The molecule has 0 aromatic heterocycles. The highest BCUT2D eigenvalue weighted by Gasteiger charge is 2.34. The lowest BCUT2D eigenvalue weighted by atomic mass is 9.73. The maximum atomic E-state index is 3.80. The number of nitrogens with one attached hydrogen (secondary N) is 1. The van der Waals surface area contributed by atoms with E-state index in [-0.39, 0.29) is 5.54 Å². The first-order valence-corrected chi connectivity index (χ1v) is 9.27. The first-order chi connectivity index (χ1) is 9.80. The highest BCUT2D eigenvalue weighted by Crippen LogP contribution is 2.37. The minimum absolute atomic E-state index is 0.234. The molecule has 126 valence electrons. The molecule has 1 rings (SSSR count). The van der Waals surface area contributed by atoms with E-state index in [2.05, 4.69) is 51.8 Å². The van der Waals surface area contributed by atoms with Crippen molar-refractivity contribution < 1.29 is 0 Å². The summed E-state index contributed by atoms with van der Waals surface area (Å²) in [4.78, 5) is 2.71. The fourth-order valence-corrected chi connectivity index (χ4v) is 3.49. The summed E-state index contributed by atoms with van der Waals surface area (Å²) >= 11 is 0. The predicted molar refractivity (Wildman–Crippen MR) is 94.8 cm³/mol. The predicted octanol–water partition coefficient (Wildman–Crippen LogP) is 4.69. The topological polar surface area (TPSA) is 15.3 Å². The molecular formula is C19H40N2. The van der Waals surface area contributed by atoms with Crippen molar-refractivity contribution in [2.45, 2.75) is 85.6 Å². The van der Waals surface area contributed by atoms with Crippen LogP contribution in [0.3, 0.4) is 0 Å². The molecule has 1 atom stereocenters. The van der Waals surface area contributed by atoms with Crippen LogP contribution in [0.25, 0.3) is 0 Å². The van der Waals surface area contributed by atoms with Crippen LogP contribution in [0.1, 0.15) is 80.1 Å². The molecule has 1 unspecified atom stereocenters. The van der Waals surface area contributed by atoms with Gasteiger partial charge in [0.2, 0.25) is 0 Å². The average Bonchev–Trinajstić information content (AvgIpc) is 2.44. The van der Waals surface area contributed by atoms with E-state index in [1.807, 2.05) is 0 Å². The Hall–Kier alpha value is -0.0800. The van der Waals surface area contributed by atoms with Crippen LogP contribution in [-0.4, -0.2) is 36.6 Å². The Balaban J connectivity index is 2.66. The summed E-state index contributed by atoms with van der Waals surface area (Å²) in [6, 6.07) is 0. The quantitative estimate of drug-likeness (QED) is 0.699. The van der Waals surface area contributed by atoms with Crippen LogP contribution >= 0.6 is 0 Å². The van der Waals surface area contributed by atoms with Gasteiger partial charge in [-0.25, -0.2) is 0 Å². The average molecular weight is 297 g/mol. The number of hydrogen-bond acceptors (Lipinski definition) is 2. The van der Waals surface area contributed by atoms with Gasteiger partial charge in [0.25, 0.3) is 0 Å². The van der Waals surface area contributed by atoms with Crippen molar-refractivity contribution in [1.82, 2.24) is 10.2 Å². The van der Waals surface area contributed by atoms with Crippen molar-refractivity contribution in [2.24, 2.45) is 11.3 Å². The van der Waals surface area contributed by atoms with Gasteiger partial charge in [0.15, 0.2) is 0 Å². The first kappa shape index (κ1) is 19.0. The van der Waals surface area contributed by atoms with Crippen LogP contribution < -0.4 is 5.32 Å². The monoisotopic (exact) mass is 296 g/mol. The zero-order valence-electron chi connectivity index (χ0n) is 15.6. The summed E-state index contributed by atoms with van der Waals surface area (Å²) in [5, 5.41) is 3.80. The van der Waals surface area contributed by atoms with Gasteiger partial charge in [-0.3, -0.25) is 0 Å². The van der Waals surface area contributed by atoms with Gasteiger partial charge in [0.1, 0.15) is 0 Å². The maximum Gasteiger partial charge on any atom is 0.00967 e. The van der Waals surface area contributed by atoms with Gasteiger partial charge in [-0.2, -0.15) is 0 Å². The van der Waals surface area contributed by atoms with Gasteiger partial charge >= 0.3 is 0 Å². The summed E-state index contributed by atoms with van der Waals surface area (Å²) in [6.07, 6.45) is 8.40. The lowest BCUT2D eigenvalue weighted by Crippen LogP contribution is -2.50. The summed E-state index contributed by atoms with van der Waals surface area (Å²) in [5.41, 5.74) is 0.743. The summed E-state index contributed by atoms with van der Waals surface area (Å²) in [6.45, 7) is 18.9. The van der Waals surface area contributed by atoms with E-state index in [9.17, 15) is 0 Å². The second-order valence-corrected chi connectivity index (χ2v) is 8.51. The van der Waals surface area contributed by atoms with E-state index in [0.29, 0.717) is 5.41 Å². The van der Waals surface area contributed by atoms with E-state index in [1.54, 1.807) is 0 Å². The Bertz CT molecular complexity index is 274. The molecule has 2 nitrogen and oxygen atoms in total. The molecular weight excluding hydrogens is 256 g/mol. The van der Waals surface area contributed by atoms with Crippen LogP contribution in [0.4, 0.5) is 0 Å². The SMILES string of the molecule is CCC(C)CN(CC)CC1(CNC(C)(C)C)CCCCC1.